The van der Waals surface area contributed by atoms with E-state index in [1.165, 1.54) is 6.26 Å². The Kier molecular flexibility index (Phi) is 1.69. The van der Waals surface area contributed by atoms with E-state index in [4.69, 9.17) is 4.42 Å². The number of hydrogen-bond acceptors (Lipinski definition) is 5. The van der Waals surface area contributed by atoms with E-state index in [0.29, 0.717) is 11.8 Å². The van der Waals surface area contributed by atoms with Crippen molar-refractivity contribution in [1.82, 2.24) is 15.0 Å². The second kappa shape index (κ2) is 3.00. The summed E-state index contributed by atoms with van der Waals surface area (Å²) in [6.45, 7) is 0. The van der Waals surface area contributed by atoms with Gasteiger partial charge in [-0.25, -0.2) is 9.97 Å². The number of hydrogen-bond donors (Lipinski definition) is 1. The summed E-state index contributed by atoms with van der Waals surface area (Å²) in [7, 11) is 0. The lowest BCUT2D eigenvalue weighted by Gasteiger charge is -1.96. The molecule has 0 unspecified atom stereocenters. The molecule has 5 heteroatoms. The lowest BCUT2D eigenvalue weighted by Crippen LogP contribution is -1.92. The molecule has 0 amide bonds. The summed E-state index contributed by atoms with van der Waals surface area (Å²) >= 11 is 0. The average molecular weight is 162 g/mol. The summed E-state index contributed by atoms with van der Waals surface area (Å²) in [5.74, 6) is 0.611. The molecule has 2 aromatic heterocycles. The van der Waals surface area contributed by atoms with Crippen molar-refractivity contribution < 1.29 is 4.42 Å². The molecule has 0 bridgehead atoms. The predicted molar refractivity (Wildman–Crippen MR) is 41.8 cm³/mol. The Morgan fingerprint density at radius 3 is 2.83 bits per heavy atom. The molecule has 0 aliphatic rings. The van der Waals surface area contributed by atoms with Crippen molar-refractivity contribution in [3.05, 3.63) is 31.1 Å². The third-order valence-corrected chi connectivity index (χ3v) is 1.23. The minimum absolute atomic E-state index is 0.413. The monoisotopic (exact) mass is 162 g/mol. The van der Waals surface area contributed by atoms with Gasteiger partial charge in [0, 0.05) is 12.4 Å². The van der Waals surface area contributed by atoms with Gasteiger partial charge in [-0.2, -0.15) is 0 Å². The molecule has 0 aliphatic heterocycles. The molecule has 0 aliphatic carbocycles. The summed E-state index contributed by atoms with van der Waals surface area (Å²) in [4.78, 5) is 11.7. The lowest BCUT2D eigenvalue weighted by atomic mass is 10.6. The zero-order valence-electron chi connectivity index (χ0n) is 6.14. The fraction of sp³-hybridized carbons (Fsp3) is 0. The first-order chi connectivity index (χ1) is 5.95. The molecule has 0 atom stereocenters. The Labute approximate surface area is 68.5 Å². The Bertz CT molecular complexity index is 332. The van der Waals surface area contributed by atoms with Crippen LogP contribution in [-0.2, 0) is 0 Å². The van der Waals surface area contributed by atoms with Crippen molar-refractivity contribution in [2.24, 2.45) is 0 Å². The van der Waals surface area contributed by atoms with Crippen LogP contribution in [0.25, 0.3) is 0 Å². The van der Waals surface area contributed by atoms with E-state index in [9.17, 15) is 0 Å². The molecule has 0 aromatic carbocycles. The summed E-state index contributed by atoms with van der Waals surface area (Å²) in [5.41, 5.74) is 0. The van der Waals surface area contributed by atoms with Crippen molar-refractivity contribution in [2.45, 2.75) is 0 Å². The van der Waals surface area contributed by atoms with Crippen LogP contribution in [0.2, 0.25) is 0 Å². The van der Waals surface area contributed by atoms with Gasteiger partial charge in [0.15, 0.2) is 5.82 Å². The van der Waals surface area contributed by atoms with Gasteiger partial charge in [0.1, 0.15) is 6.26 Å². The first kappa shape index (κ1) is 6.78. The van der Waals surface area contributed by atoms with Crippen LogP contribution in [-0.4, -0.2) is 15.0 Å². The van der Waals surface area contributed by atoms with E-state index in [1.807, 2.05) is 0 Å². The van der Waals surface area contributed by atoms with Gasteiger partial charge in [-0.15, -0.1) is 0 Å². The quantitative estimate of drug-likeness (QED) is 0.718. The maximum Gasteiger partial charge on any atom is 0.300 e. The number of rotatable bonds is 2. The molecule has 0 fully saturated rings. The standard InChI is InChI=1S/C7H6N4O/c1-2-9-6(5-8-1)11-7-10-3-4-12-7/h1-5H,(H,9,10,11). The fourth-order valence-electron chi connectivity index (χ4n) is 0.758. The molecule has 0 saturated carbocycles. The second-order valence-electron chi connectivity index (χ2n) is 2.05. The molecule has 0 spiro atoms. The van der Waals surface area contributed by atoms with Crippen molar-refractivity contribution in [3.8, 4) is 0 Å². The topological polar surface area (TPSA) is 63.8 Å². The number of anilines is 2. The zero-order valence-corrected chi connectivity index (χ0v) is 6.14. The van der Waals surface area contributed by atoms with Crippen molar-refractivity contribution in [3.63, 3.8) is 0 Å². The van der Waals surface area contributed by atoms with E-state index < -0.39 is 0 Å². The molecule has 1 N–H and O–H groups in total. The largest absolute Gasteiger partial charge is 0.432 e. The first-order valence-electron chi connectivity index (χ1n) is 3.38. The minimum Gasteiger partial charge on any atom is -0.432 e. The fourth-order valence-corrected chi connectivity index (χ4v) is 0.758. The van der Waals surface area contributed by atoms with Gasteiger partial charge in [-0.1, -0.05) is 0 Å². The molecule has 2 heterocycles. The van der Waals surface area contributed by atoms with E-state index in [1.54, 1.807) is 24.8 Å². The SMILES string of the molecule is c1cnc(Nc2ncco2)cn1. The summed E-state index contributed by atoms with van der Waals surface area (Å²) < 4.78 is 4.95. The molecule has 12 heavy (non-hydrogen) atoms. The van der Waals surface area contributed by atoms with Crippen LogP contribution in [0.15, 0.2) is 35.5 Å². The Balaban J connectivity index is 2.15. The molecule has 60 valence electrons. The van der Waals surface area contributed by atoms with Crippen LogP contribution in [0.5, 0.6) is 0 Å². The second-order valence-corrected chi connectivity index (χ2v) is 2.05. The number of oxazole rings is 1. The highest BCUT2D eigenvalue weighted by Gasteiger charge is 1.96. The maximum atomic E-state index is 4.95. The van der Waals surface area contributed by atoms with Gasteiger partial charge in [-0.05, 0) is 0 Å². The average Bonchev–Trinajstić information content (AvgIpc) is 2.59. The van der Waals surface area contributed by atoms with E-state index in [0.717, 1.165) is 0 Å². The molecule has 0 radical (unpaired) electrons. The van der Waals surface area contributed by atoms with E-state index in [-0.39, 0.29) is 0 Å². The number of nitrogens with zero attached hydrogens (tertiary/aromatic N) is 3. The van der Waals surface area contributed by atoms with Crippen LogP contribution in [0.3, 0.4) is 0 Å². The molecule has 5 nitrogen and oxygen atoms in total. The first-order valence-corrected chi connectivity index (χ1v) is 3.38. The van der Waals surface area contributed by atoms with E-state index in [2.05, 4.69) is 20.3 Å². The molecular formula is C7H6N4O. The highest BCUT2D eigenvalue weighted by Crippen LogP contribution is 2.08. The highest BCUT2D eigenvalue weighted by atomic mass is 16.4. The molecule has 0 saturated heterocycles. The predicted octanol–water partition coefficient (Wildman–Crippen LogP) is 1.21. The molecular weight excluding hydrogens is 156 g/mol. The Morgan fingerprint density at radius 2 is 2.17 bits per heavy atom. The summed E-state index contributed by atoms with van der Waals surface area (Å²) in [6.07, 6.45) is 7.81. The normalized spacial score (nSPS) is 9.67. The Hall–Kier alpha value is -1.91. The smallest absolute Gasteiger partial charge is 0.300 e. The van der Waals surface area contributed by atoms with Gasteiger partial charge in [0.25, 0.3) is 6.01 Å². The third kappa shape index (κ3) is 1.39. The summed E-state index contributed by atoms with van der Waals surface area (Å²) in [5, 5.41) is 2.83. The summed E-state index contributed by atoms with van der Waals surface area (Å²) in [6, 6.07) is 0.413. The third-order valence-electron chi connectivity index (χ3n) is 1.23. The lowest BCUT2D eigenvalue weighted by molar-refractivity contribution is 0.577. The van der Waals surface area contributed by atoms with Crippen LogP contribution >= 0.6 is 0 Å². The highest BCUT2D eigenvalue weighted by molar-refractivity contribution is 5.42. The van der Waals surface area contributed by atoms with Crippen molar-refractivity contribution in [1.29, 1.82) is 0 Å². The van der Waals surface area contributed by atoms with Crippen LogP contribution in [0, 0.1) is 0 Å². The number of nitrogens with one attached hydrogen (secondary N) is 1. The molecule has 2 rings (SSSR count). The van der Waals surface area contributed by atoms with Crippen LogP contribution in [0.4, 0.5) is 11.8 Å². The van der Waals surface area contributed by atoms with E-state index >= 15 is 0 Å². The minimum atomic E-state index is 0.413. The van der Waals surface area contributed by atoms with Gasteiger partial charge >= 0.3 is 0 Å². The number of aromatic nitrogens is 3. The Morgan fingerprint density at radius 1 is 1.17 bits per heavy atom. The van der Waals surface area contributed by atoms with Gasteiger partial charge in [0.05, 0.1) is 12.4 Å². The van der Waals surface area contributed by atoms with Crippen molar-refractivity contribution in [2.75, 3.05) is 5.32 Å². The van der Waals surface area contributed by atoms with Gasteiger partial charge in [0.2, 0.25) is 0 Å². The van der Waals surface area contributed by atoms with Gasteiger partial charge < -0.3 is 4.42 Å². The zero-order chi connectivity index (χ0) is 8.23. The van der Waals surface area contributed by atoms with Crippen molar-refractivity contribution >= 4 is 11.8 Å². The van der Waals surface area contributed by atoms with Gasteiger partial charge in [-0.3, -0.25) is 10.3 Å². The van der Waals surface area contributed by atoms with Crippen LogP contribution in [0.1, 0.15) is 0 Å². The van der Waals surface area contributed by atoms with Crippen LogP contribution < -0.4 is 5.32 Å². The maximum absolute atomic E-state index is 4.95. The molecule has 2 aromatic rings.